The lowest BCUT2D eigenvalue weighted by atomic mass is 10.1. The SMILES string of the molecule is Cc1ccccc1CNS(=O)(=O)c1ccc(N)nc1. The third-order valence-electron chi connectivity index (χ3n) is 2.78. The van der Waals surface area contributed by atoms with Crippen molar-refractivity contribution in [1.82, 2.24) is 9.71 Å². The molecule has 5 nitrogen and oxygen atoms in total. The van der Waals surface area contributed by atoms with Crippen molar-refractivity contribution >= 4 is 15.8 Å². The average Bonchev–Trinajstić information content (AvgIpc) is 2.38. The second-order valence-electron chi connectivity index (χ2n) is 4.17. The molecule has 0 spiro atoms. The van der Waals surface area contributed by atoms with Gasteiger partial charge in [0.1, 0.15) is 10.7 Å². The largest absolute Gasteiger partial charge is 0.384 e. The normalized spacial score (nSPS) is 11.4. The number of benzene rings is 1. The van der Waals surface area contributed by atoms with Crippen molar-refractivity contribution in [2.24, 2.45) is 0 Å². The molecule has 100 valence electrons. The van der Waals surface area contributed by atoms with Crippen molar-refractivity contribution in [1.29, 1.82) is 0 Å². The van der Waals surface area contributed by atoms with Crippen LogP contribution >= 0.6 is 0 Å². The molecular formula is C13H15N3O2S. The van der Waals surface area contributed by atoms with Crippen molar-refractivity contribution in [2.75, 3.05) is 5.73 Å². The van der Waals surface area contributed by atoms with E-state index in [0.29, 0.717) is 0 Å². The highest BCUT2D eigenvalue weighted by Gasteiger charge is 2.14. The summed E-state index contributed by atoms with van der Waals surface area (Å²) in [4.78, 5) is 3.88. The number of nitrogens with zero attached hydrogens (tertiary/aromatic N) is 1. The summed E-state index contributed by atoms with van der Waals surface area (Å²) in [6.45, 7) is 2.19. The molecule has 1 aromatic heterocycles. The van der Waals surface area contributed by atoms with Gasteiger partial charge in [0.25, 0.3) is 0 Å². The fraction of sp³-hybridized carbons (Fsp3) is 0.154. The molecule has 2 rings (SSSR count). The van der Waals surface area contributed by atoms with Gasteiger partial charge in [0, 0.05) is 12.7 Å². The molecule has 0 bridgehead atoms. The van der Waals surface area contributed by atoms with E-state index in [1.807, 2.05) is 31.2 Å². The van der Waals surface area contributed by atoms with E-state index in [1.54, 1.807) is 0 Å². The Labute approximate surface area is 112 Å². The van der Waals surface area contributed by atoms with Gasteiger partial charge in [-0.1, -0.05) is 24.3 Å². The van der Waals surface area contributed by atoms with Gasteiger partial charge >= 0.3 is 0 Å². The van der Waals surface area contributed by atoms with E-state index in [1.165, 1.54) is 18.3 Å². The Morgan fingerprint density at radius 3 is 2.58 bits per heavy atom. The first-order chi connectivity index (χ1) is 8.99. The van der Waals surface area contributed by atoms with E-state index in [4.69, 9.17) is 5.73 Å². The Morgan fingerprint density at radius 2 is 1.95 bits per heavy atom. The number of nitrogen functional groups attached to an aromatic ring is 1. The van der Waals surface area contributed by atoms with Crippen LogP contribution in [0.3, 0.4) is 0 Å². The summed E-state index contributed by atoms with van der Waals surface area (Å²) < 4.78 is 26.6. The molecule has 0 unspecified atom stereocenters. The number of sulfonamides is 1. The van der Waals surface area contributed by atoms with Crippen molar-refractivity contribution in [3.63, 3.8) is 0 Å². The molecule has 0 amide bonds. The van der Waals surface area contributed by atoms with Gasteiger partial charge in [-0.3, -0.25) is 0 Å². The average molecular weight is 277 g/mol. The molecule has 0 aliphatic heterocycles. The van der Waals surface area contributed by atoms with E-state index in [0.717, 1.165) is 11.1 Å². The van der Waals surface area contributed by atoms with E-state index in [9.17, 15) is 8.42 Å². The van der Waals surface area contributed by atoms with Gasteiger partial charge in [0.15, 0.2) is 0 Å². The summed E-state index contributed by atoms with van der Waals surface area (Å²) in [7, 11) is -3.56. The Hall–Kier alpha value is -1.92. The fourth-order valence-electron chi connectivity index (χ4n) is 1.62. The van der Waals surface area contributed by atoms with Crippen LogP contribution < -0.4 is 10.5 Å². The number of rotatable bonds is 4. The molecule has 0 saturated carbocycles. The summed E-state index contributed by atoms with van der Waals surface area (Å²) in [5.74, 6) is 0.290. The molecule has 1 aromatic carbocycles. The summed E-state index contributed by atoms with van der Waals surface area (Å²) in [6, 6.07) is 10.5. The fourth-order valence-corrected chi connectivity index (χ4v) is 2.57. The van der Waals surface area contributed by atoms with Gasteiger partial charge in [0.2, 0.25) is 10.0 Å². The minimum Gasteiger partial charge on any atom is -0.384 e. The number of aryl methyl sites for hydroxylation is 1. The Balaban J connectivity index is 2.14. The quantitative estimate of drug-likeness (QED) is 0.885. The minimum atomic E-state index is -3.56. The van der Waals surface area contributed by atoms with Gasteiger partial charge in [-0.05, 0) is 30.2 Å². The second-order valence-corrected chi connectivity index (χ2v) is 5.94. The first kappa shape index (κ1) is 13.5. The molecule has 3 N–H and O–H groups in total. The molecule has 19 heavy (non-hydrogen) atoms. The number of hydrogen-bond donors (Lipinski definition) is 2. The number of hydrogen-bond acceptors (Lipinski definition) is 4. The van der Waals surface area contributed by atoms with Crippen LogP contribution in [-0.4, -0.2) is 13.4 Å². The molecule has 0 saturated heterocycles. The molecule has 0 aliphatic carbocycles. The van der Waals surface area contributed by atoms with Crippen LogP contribution in [0.5, 0.6) is 0 Å². The van der Waals surface area contributed by atoms with E-state index in [-0.39, 0.29) is 17.3 Å². The summed E-state index contributed by atoms with van der Waals surface area (Å²) in [5, 5.41) is 0. The van der Waals surface area contributed by atoms with Gasteiger partial charge in [-0.2, -0.15) is 0 Å². The van der Waals surface area contributed by atoms with Crippen molar-refractivity contribution in [2.45, 2.75) is 18.4 Å². The zero-order chi connectivity index (χ0) is 13.9. The smallest absolute Gasteiger partial charge is 0.242 e. The van der Waals surface area contributed by atoms with E-state index in [2.05, 4.69) is 9.71 Å². The molecule has 1 heterocycles. The zero-order valence-electron chi connectivity index (χ0n) is 10.5. The second kappa shape index (κ2) is 5.38. The lowest BCUT2D eigenvalue weighted by Crippen LogP contribution is -2.23. The number of nitrogens with one attached hydrogen (secondary N) is 1. The van der Waals surface area contributed by atoms with Crippen LogP contribution in [0.2, 0.25) is 0 Å². The third-order valence-corrected chi connectivity index (χ3v) is 4.17. The zero-order valence-corrected chi connectivity index (χ0v) is 11.3. The first-order valence-corrected chi connectivity index (χ1v) is 7.23. The molecule has 0 fully saturated rings. The maximum Gasteiger partial charge on any atom is 0.242 e. The van der Waals surface area contributed by atoms with Gasteiger partial charge in [-0.15, -0.1) is 0 Å². The summed E-state index contributed by atoms with van der Waals surface area (Å²) >= 11 is 0. The van der Waals surface area contributed by atoms with Crippen molar-refractivity contribution < 1.29 is 8.42 Å². The molecule has 2 aromatic rings. The van der Waals surface area contributed by atoms with E-state index < -0.39 is 10.0 Å². The van der Waals surface area contributed by atoms with Crippen LogP contribution in [0.15, 0.2) is 47.5 Å². The third kappa shape index (κ3) is 3.30. The van der Waals surface area contributed by atoms with Crippen LogP contribution in [0.25, 0.3) is 0 Å². The molecule has 6 heteroatoms. The number of aromatic nitrogens is 1. The van der Waals surface area contributed by atoms with E-state index >= 15 is 0 Å². The van der Waals surface area contributed by atoms with Crippen LogP contribution in [0, 0.1) is 6.92 Å². The topological polar surface area (TPSA) is 85.1 Å². The highest BCUT2D eigenvalue weighted by atomic mass is 32.2. The van der Waals surface area contributed by atoms with Crippen LogP contribution in [0.1, 0.15) is 11.1 Å². The maximum atomic E-state index is 12.0. The summed E-state index contributed by atoms with van der Waals surface area (Å²) in [6.07, 6.45) is 1.25. The highest BCUT2D eigenvalue weighted by molar-refractivity contribution is 7.89. The Bertz CT molecular complexity index is 667. The monoisotopic (exact) mass is 277 g/mol. The Morgan fingerprint density at radius 1 is 1.21 bits per heavy atom. The number of pyridine rings is 1. The minimum absolute atomic E-state index is 0.107. The molecule has 0 atom stereocenters. The predicted octanol–water partition coefficient (Wildman–Crippen LogP) is 1.45. The standard InChI is InChI=1S/C13H15N3O2S/c1-10-4-2-3-5-11(10)8-16-19(17,18)12-6-7-13(14)15-9-12/h2-7,9,16H,8H2,1H3,(H2,14,15). The molecule has 0 radical (unpaired) electrons. The first-order valence-electron chi connectivity index (χ1n) is 5.75. The van der Waals surface area contributed by atoms with Crippen molar-refractivity contribution in [3.05, 3.63) is 53.7 Å². The van der Waals surface area contributed by atoms with Crippen LogP contribution in [0.4, 0.5) is 5.82 Å². The van der Waals surface area contributed by atoms with Crippen molar-refractivity contribution in [3.8, 4) is 0 Å². The lowest BCUT2D eigenvalue weighted by molar-refractivity contribution is 0.581. The van der Waals surface area contributed by atoms with Gasteiger partial charge < -0.3 is 5.73 Å². The number of anilines is 1. The summed E-state index contributed by atoms with van der Waals surface area (Å²) in [5.41, 5.74) is 7.41. The highest BCUT2D eigenvalue weighted by Crippen LogP contribution is 2.11. The van der Waals surface area contributed by atoms with Gasteiger partial charge in [-0.25, -0.2) is 18.1 Å². The Kier molecular flexibility index (Phi) is 3.82. The molecule has 0 aliphatic rings. The number of nitrogens with two attached hydrogens (primary N) is 1. The van der Waals surface area contributed by atoms with Gasteiger partial charge in [0.05, 0.1) is 0 Å². The predicted molar refractivity (Wildman–Crippen MR) is 73.9 cm³/mol. The van der Waals surface area contributed by atoms with Crippen LogP contribution in [-0.2, 0) is 16.6 Å². The molecular weight excluding hydrogens is 262 g/mol. The maximum absolute atomic E-state index is 12.0. The lowest BCUT2D eigenvalue weighted by Gasteiger charge is -2.08.